The van der Waals surface area contributed by atoms with Crippen LogP contribution >= 0.6 is 0 Å². The van der Waals surface area contributed by atoms with Gasteiger partial charge in [-0.25, -0.2) is 0 Å². The second-order valence-electron chi connectivity index (χ2n) is 8.74. The van der Waals surface area contributed by atoms with Crippen LogP contribution in [0.3, 0.4) is 0 Å². The van der Waals surface area contributed by atoms with Gasteiger partial charge in [-0.2, -0.15) is 0 Å². The number of hydrogen-bond acceptors (Lipinski definition) is 5. The van der Waals surface area contributed by atoms with Crippen LogP contribution in [0.2, 0.25) is 0 Å². The fourth-order valence-electron chi connectivity index (χ4n) is 4.17. The minimum Gasteiger partial charge on any atom is -0.497 e. The third-order valence-corrected chi connectivity index (χ3v) is 6.32. The standard InChI is InChI=1S/C27H31N3O4/c1-19-5-8-22(16-24(19)29-27(32)25-4-3-15-34-25)26(31)28-17-20-11-13-30(14-12-20)18-21-6-9-23(33-2)10-7-21/h3-10,15-16,20H,11-14,17-18H2,1-2H3,(H,28,31)(H,29,32). The predicted octanol–water partition coefficient (Wildman–Crippen LogP) is 4.49. The topological polar surface area (TPSA) is 83.8 Å². The van der Waals surface area contributed by atoms with E-state index in [2.05, 4.69) is 27.7 Å². The molecule has 1 aliphatic rings. The molecule has 7 nitrogen and oxygen atoms in total. The minimum atomic E-state index is -0.341. The number of carbonyl (C=O) groups is 2. The van der Waals surface area contributed by atoms with E-state index < -0.39 is 0 Å². The molecular weight excluding hydrogens is 430 g/mol. The van der Waals surface area contributed by atoms with E-state index in [9.17, 15) is 9.59 Å². The number of benzene rings is 2. The summed E-state index contributed by atoms with van der Waals surface area (Å²) in [7, 11) is 1.68. The van der Waals surface area contributed by atoms with Gasteiger partial charge in [-0.3, -0.25) is 14.5 Å². The van der Waals surface area contributed by atoms with E-state index in [-0.39, 0.29) is 17.6 Å². The number of likely N-dealkylation sites (tertiary alicyclic amines) is 1. The molecule has 1 fully saturated rings. The molecule has 0 unspecified atom stereocenters. The van der Waals surface area contributed by atoms with Crippen molar-refractivity contribution < 1.29 is 18.7 Å². The summed E-state index contributed by atoms with van der Waals surface area (Å²) >= 11 is 0. The van der Waals surface area contributed by atoms with Gasteiger partial charge in [-0.1, -0.05) is 18.2 Å². The number of furan rings is 1. The molecule has 7 heteroatoms. The summed E-state index contributed by atoms with van der Waals surface area (Å²) in [6, 6.07) is 16.8. The molecule has 0 atom stereocenters. The first-order valence-electron chi connectivity index (χ1n) is 11.6. The van der Waals surface area contributed by atoms with Gasteiger partial charge in [0.2, 0.25) is 0 Å². The maximum Gasteiger partial charge on any atom is 0.291 e. The SMILES string of the molecule is COc1ccc(CN2CCC(CNC(=O)c3ccc(C)c(NC(=O)c4ccco4)c3)CC2)cc1. The Morgan fingerprint density at radius 3 is 2.50 bits per heavy atom. The lowest BCUT2D eigenvalue weighted by atomic mass is 9.96. The van der Waals surface area contributed by atoms with Crippen LogP contribution in [0.5, 0.6) is 5.75 Å². The van der Waals surface area contributed by atoms with Crippen molar-refractivity contribution in [1.29, 1.82) is 0 Å². The summed E-state index contributed by atoms with van der Waals surface area (Å²) < 4.78 is 10.4. The summed E-state index contributed by atoms with van der Waals surface area (Å²) in [5.41, 5.74) is 3.28. The van der Waals surface area contributed by atoms with Gasteiger partial charge in [0, 0.05) is 24.3 Å². The summed E-state index contributed by atoms with van der Waals surface area (Å²) in [6.07, 6.45) is 3.55. The second kappa shape index (κ2) is 11.0. The number of amides is 2. The zero-order valence-electron chi connectivity index (χ0n) is 19.7. The van der Waals surface area contributed by atoms with Crippen molar-refractivity contribution in [2.24, 2.45) is 5.92 Å². The van der Waals surface area contributed by atoms with Crippen LogP contribution in [0.4, 0.5) is 5.69 Å². The molecule has 1 saturated heterocycles. The van der Waals surface area contributed by atoms with Crippen molar-refractivity contribution in [3.63, 3.8) is 0 Å². The molecule has 0 bridgehead atoms. The van der Waals surface area contributed by atoms with E-state index >= 15 is 0 Å². The highest BCUT2D eigenvalue weighted by atomic mass is 16.5. The summed E-state index contributed by atoms with van der Waals surface area (Å²) in [5.74, 6) is 1.09. The molecule has 34 heavy (non-hydrogen) atoms. The second-order valence-corrected chi connectivity index (χ2v) is 8.74. The smallest absolute Gasteiger partial charge is 0.291 e. The highest BCUT2D eigenvalue weighted by molar-refractivity contribution is 6.03. The average molecular weight is 462 g/mol. The van der Waals surface area contributed by atoms with Gasteiger partial charge in [0.25, 0.3) is 11.8 Å². The Hall–Kier alpha value is -3.58. The van der Waals surface area contributed by atoms with Crippen molar-refractivity contribution in [3.8, 4) is 5.75 Å². The van der Waals surface area contributed by atoms with Crippen LogP contribution < -0.4 is 15.4 Å². The van der Waals surface area contributed by atoms with Crippen LogP contribution in [0, 0.1) is 12.8 Å². The minimum absolute atomic E-state index is 0.130. The molecule has 2 N–H and O–H groups in total. The monoisotopic (exact) mass is 461 g/mol. The van der Waals surface area contributed by atoms with E-state index in [1.165, 1.54) is 11.8 Å². The summed E-state index contributed by atoms with van der Waals surface area (Å²) in [5, 5.41) is 5.89. The number of carbonyl (C=O) groups excluding carboxylic acids is 2. The normalized spacial score (nSPS) is 14.5. The Kier molecular flexibility index (Phi) is 7.65. The molecule has 1 aliphatic heterocycles. The van der Waals surface area contributed by atoms with Crippen LogP contribution in [0.15, 0.2) is 65.3 Å². The molecule has 3 aromatic rings. The van der Waals surface area contributed by atoms with Gasteiger partial charge in [-0.15, -0.1) is 0 Å². The number of rotatable bonds is 8. The van der Waals surface area contributed by atoms with Gasteiger partial charge in [-0.05, 0) is 86.3 Å². The summed E-state index contributed by atoms with van der Waals surface area (Å²) in [4.78, 5) is 27.5. The van der Waals surface area contributed by atoms with E-state index in [1.54, 1.807) is 31.4 Å². The van der Waals surface area contributed by atoms with E-state index in [0.29, 0.717) is 23.7 Å². The quantitative estimate of drug-likeness (QED) is 0.516. The number of aryl methyl sites for hydroxylation is 1. The number of nitrogens with one attached hydrogen (secondary N) is 2. The first-order valence-corrected chi connectivity index (χ1v) is 11.6. The molecule has 0 radical (unpaired) electrons. The third-order valence-electron chi connectivity index (χ3n) is 6.32. The number of piperidine rings is 1. The molecule has 178 valence electrons. The molecule has 0 saturated carbocycles. The fourth-order valence-corrected chi connectivity index (χ4v) is 4.17. The number of ether oxygens (including phenoxy) is 1. The molecule has 2 heterocycles. The molecule has 2 aromatic carbocycles. The van der Waals surface area contributed by atoms with Gasteiger partial charge < -0.3 is 19.8 Å². The molecule has 0 aliphatic carbocycles. The number of anilines is 1. The van der Waals surface area contributed by atoms with Crippen molar-refractivity contribution in [2.75, 3.05) is 32.1 Å². The molecule has 2 amide bonds. The molecule has 0 spiro atoms. The van der Waals surface area contributed by atoms with E-state index in [0.717, 1.165) is 43.8 Å². The Morgan fingerprint density at radius 2 is 1.82 bits per heavy atom. The Morgan fingerprint density at radius 1 is 1.06 bits per heavy atom. The van der Waals surface area contributed by atoms with Crippen LogP contribution in [0.25, 0.3) is 0 Å². The number of nitrogens with zero attached hydrogens (tertiary/aromatic N) is 1. The van der Waals surface area contributed by atoms with E-state index in [4.69, 9.17) is 9.15 Å². The van der Waals surface area contributed by atoms with Crippen LogP contribution in [-0.2, 0) is 6.54 Å². The van der Waals surface area contributed by atoms with Gasteiger partial charge >= 0.3 is 0 Å². The van der Waals surface area contributed by atoms with Crippen LogP contribution in [-0.4, -0.2) is 43.5 Å². The lowest BCUT2D eigenvalue weighted by molar-refractivity contribution is 0.0933. The Bertz CT molecular complexity index is 1100. The molecule has 1 aromatic heterocycles. The number of methoxy groups -OCH3 is 1. The van der Waals surface area contributed by atoms with Gasteiger partial charge in [0.15, 0.2) is 5.76 Å². The Balaban J connectivity index is 1.25. The highest BCUT2D eigenvalue weighted by Crippen LogP contribution is 2.21. The highest BCUT2D eigenvalue weighted by Gasteiger charge is 2.20. The fraction of sp³-hybridized carbons (Fsp3) is 0.333. The number of hydrogen-bond donors (Lipinski definition) is 2. The third kappa shape index (κ3) is 6.05. The van der Waals surface area contributed by atoms with Crippen molar-refractivity contribution in [2.45, 2.75) is 26.3 Å². The maximum absolute atomic E-state index is 12.8. The lowest BCUT2D eigenvalue weighted by Crippen LogP contribution is -2.38. The summed E-state index contributed by atoms with van der Waals surface area (Å²) in [6.45, 7) is 5.50. The molecule has 4 rings (SSSR count). The zero-order chi connectivity index (χ0) is 23.9. The lowest BCUT2D eigenvalue weighted by Gasteiger charge is -2.32. The van der Waals surface area contributed by atoms with Crippen molar-refractivity contribution >= 4 is 17.5 Å². The first-order chi connectivity index (χ1) is 16.5. The van der Waals surface area contributed by atoms with Crippen LogP contribution in [0.1, 0.15) is 44.9 Å². The average Bonchev–Trinajstić information content (AvgIpc) is 3.40. The van der Waals surface area contributed by atoms with Gasteiger partial charge in [0.05, 0.1) is 13.4 Å². The van der Waals surface area contributed by atoms with Crippen molar-refractivity contribution in [1.82, 2.24) is 10.2 Å². The van der Waals surface area contributed by atoms with Crippen molar-refractivity contribution in [3.05, 3.63) is 83.3 Å². The van der Waals surface area contributed by atoms with E-state index in [1.807, 2.05) is 25.1 Å². The predicted molar refractivity (Wildman–Crippen MR) is 131 cm³/mol. The largest absolute Gasteiger partial charge is 0.497 e. The van der Waals surface area contributed by atoms with Gasteiger partial charge in [0.1, 0.15) is 5.75 Å². The first kappa shape index (κ1) is 23.6. The maximum atomic E-state index is 12.8. The molecular formula is C27H31N3O4. The Labute approximate surface area is 200 Å². The zero-order valence-corrected chi connectivity index (χ0v) is 19.7.